The van der Waals surface area contributed by atoms with E-state index in [1.165, 1.54) is 13.3 Å². The Bertz CT molecular complexity index is 997. The molecule has 3 N–H and O–H groups in total. The summed E-state index contributed by atoms with van der Waals surface area (Å²) in [5.41, 5.74) is 4.42. The van der Waals surface area contributed by atoms with Crippen LogP contribution in [0.5, 0.6) is 17.2 Å². The second-order valence-electron chi connectivity index (χ2n) is 5.69. The molecule has 0 spiro atoms. The third kappa shape index (κ3) is 4.12. The van der Waals surface area contributed by atoms with Crippen LogP contribution in [0.15, 0.2) is 53.6 Å². The monoisotopic (exact) mass is 380 g/mol. The van der Waals surface area contributed by atoms with Gasteiger partial charge in [0.2, 0.25) is 0 Å². The normalized spacial score (nSPS) is 10.8. The molecule has 0 radical (unpaired) electrons. The fourth-order valence-electron chi connectivity index (χ4n) is 2.56. The van der Waals surface area contributed by atoms with E-state index in [-0.39, 0.29) is 11.4 Å². The molecule has 0 aliphatic heterocycles. The highest BCUT2D eigenvalue weighted by atomic mass is 16.5. The summed E-state index contributed by atoms with van der Waals surface area (Å²) in [7, 11) is 1.46. The average molecular weight is 380 g/mol. The van der Waals surface area contributed by atoms with Crippen LogP contribution < -0.4 is 14.9 Å². The maximum atomic E-state index is 12.3. The number of aromatic nitrogens is 2. The van der Waals surface area contributed by atoms with Gasteiger partial charge in [-0.3, -0.25) is 9.89 Å². The number of rotatable bonds is 7. The summed E-state index contributed by atoms with van der Waals surface area (Å²) in [5.74, 6) is 0.488. The lowest BCUT2D eigenvalue weighted by molar-refractivity contribution is 0.0950. The molecule has 0 atom stereocenters. The fourth-order valence-corrected chi connectivity index (χ4v) is 2.56. The Kier molecular flexibility index (Phi) is 5.91. The Morgan fingerprint density at radius 3 is 2.82 bits per heavy atom. The zero-order valence-electron chi connectivity index (χ0n) is 15.5. The van der Waals surface area contributed by atoms with Crippen LogP contribution in [0, 0.1) is 0 Å². The van der Waals surface area contributed by atoms with Crippen molar-refractivity contribution in [2.24, 2.45) is 5.10 Å². The number of hydrogen-bond acceptors (Lipinski definition) is 6. The van der Waals surface area contributed by atoms with Crippen molar-refractivity contribution in [2.45, 2.75) is 6.92 Å². The number of H-pyrrole nitrogens is 1. The summed E-state index contributed by atoms with van der Waals surface area (Å²) in [4.78, 5) is 12.3. The molecule has 2 aromatic carbocycles. The van der Waals surface area contributed by atoms with Crippen molar-refractivity contribution in [1.82, 2.24) is 15.6 Å². The van der Waals surface area contributed by atoms with Gasteiger partial charge in [0, 0.05) is 11.1 Å². The van der Waals surface area contributed by atoms with Crippen LogP contribution in [0.4, 0.5) is 0 Å². The van der Waals surface area contributed by atoms with Gasteiger partial charge in [0.15, 0.2) is 11.5 Å². The van der Waals surface area contributed by atoms with Gasteiger partial charge in [0.25, 0.3) is 5.91 Å². The van der Waals surface area contributed by atoms with Gasteiger partial charge in [-0.25, -0.2) is 5.43 Å². The lowest BCUT2D eigenvalue weighted by Crippen LogP contribution is -2.18. The lowest BCUT2D eigenvalue weighted by atomic mass is 10.1. The molecule has 3 aromatic rings. The Hall–Kier alpha value is -3.81. The van der Waals surface area contributed by atoms with Gasteiger partial charge in [-0.15, -0.1) is 0 Å². The molecule has 8 heteroatoms. The number of phenols is 1. The number of methoxy groups -OCH3 is 1. The minimum Gasteiger partial charge on any atom is -0.504 e. The predicted molar refractivity (Wildman–Crippen MR) is 105 cm³/mol. The van der Waals surface area contributed by atoms with Crippen LogP contribution >= 0.6 is 0 Å². The smallest absolute Gasteiger partial charge is 0.289 e. The van der Waals surface area contributed by atoms with Crippen molar-refractivity contribution < 1.29 is 19.4 Å². The second-order valence-corrected chi connectivity index (χ2v) is 5.69. The molecule has 0 fully saturated rings. The molecule has 0 saturated carbocycles. The van der Waals surface area contributed by atoms with E-state index in [9.17, 15) is 9.90 Å². The Labute approximate surface area is 161 Å². The number of para-hydroxylation sites is 2. The minimum absolute atomic E-state index is 0.0562. The SMILES string of the molecule is CCOc1ccccc1-c1cc(C(=O)N/N=C\c2cccc(OC)c2O)[nH]n1. The zero-order valence-corrected chi connectivity index (χ0v) is 15.5. The first kappa shape index (κ1) is 19.0. The van der Waals surface area contributed by atoms with E-state index >= 15 is 0 Å². The Morgan fingerprint density at radius 2 is 2.04 bits per heavy atom. The summed E-state index contributed by atoms with van der Waals surface area (Å²) in [6.45, 7) is 2.43. The molecule has 0 aliphatic rings. The van der Waals surface area contributed by atoms with Gasteiger partial charge in [0.1, 0.15) is 11.4 Å². The van der Waals surface area contributed by atoms with Crippen molar-refractivity contribution in [2.75, 3.05) is 13.7 Å². The van der Waals surface area contributed by atoms with E-state index in [2.05, 4.69) is 20.7 Å². The van der Waals surface area contributed by atoms with Crippen LogP contribution in [0.1, 0.15) is 23.0 Å². The maximum Gasteiger partial charge on any atom is 0.289 e. The van der Waals surface area contributed by atoms with E-state index in [0.29, 0.717) is 29.4 Å². The molecule has 1 amide bonds. The maximum absolute atomic E-state index is 12.3. The number of ether oxygens (including phenoxy) is 2. The van der Waals surface area contributed by atoms with Crippen molar-refractivity contribution in [3.8, 4) is 28.5 Å². The number of amides is 1. The molecular formula is C20H20N4O4. The molecule has 0 saturated heterocycles. The summed E-state index contributed by atoms with van der Waals surface area (Å²) in [5, 5.41) is 20.8. The van der Waals surface area contributed by atoms with E-state index in [1.54, 1.807) is 24.3 Å². The number of nitrogens with zero attached hydrogens (tertiary/aromatic N) is 2. The number of carbonyl (C=O) groups excluding carboxylic acids is 1. The van der Waals surface area contributed by atoms with Crippen molar-refractivity contribution in [1.29, 1.82) is 0 Å². The fraction of sp³-hybridized carbons (Fsp3) is 0.150. The van der Waals surface area contributed by atoms with E-state index < -0.39 is 5.91 Å². The first-order chi connectivity index (χ1) is 13.6. The van der Waals surface area contributed by atoms with Gasteiger partial charge >= 0.3 is 0 Å². The minimum atomic E-state index is -0.466. The highest BCUT2D eigenvalue weighted by Crippen LogP contribution is 2.29. The number of carbonyl (C=O) groups is 1. The third-order valence-electron chi connectivity index (χ3n) is 3.91. The van der Waals surface area contributed by atoms with E-state index in [0.717, 1.165) is 5.56 Å². The van der Waals surface area contributed by atoms with Crippen LogP contribution in [0.2, 0.25) is 0 Å². The number of phenolic OH excluding ortho intramolecular Hbond substituents is 1. The Morgan fingerprint density at radius 1 is 1.25 bits per heavy atom. The zero-order chi connectivity index (χ0) is 19.9. The average Bonchev–Trinajstić information content (AvgIpc) is 3.20. The van der Waals surface area contributed by atoms with Gasteiger partial charge < -0.3 is 14.6 Å². The molecule has 1 heterocycles. The second kappa shape index (κ2) is 8.72. The Balaban J connectivity index is 1.72. The molecule has 0 unspecified atom stereocenters. The lowest BCUT2D eigenvalue weighted by Gasteiger charge is -2.07. The summed E-state index contributed by atoms with van der Waals surface area (Å²) >= 11 is 0. The molecule has 3 rings (SSSR count). The van der Waals surface area contributed by atoms with Crippen molar-refractivity contribution in [3.05, 3.63) is 59.8 Å². The number of nitrogens with one attached hydrogen (secondary N) is 2. The molecule has 28 heavy (non-hydrogen) atoms. The number of hydrazone groups is 1. The standard InChI is InChI=1S/C20H20N4O4/c1-3-28-17-9-5-4-8-14(17)15-11-16(23-22-15)20(26)24-21-12-13-7-6-10-18(27-2)19(13)25/h4-12,25H,3H2,1-2H3,(H,22,23)(H,24,26)/b21-12-. The van der Waals surface area contributed by atoms with E-state index in [4.69, 9.17) is 9.47 Å². The predicted octanol–water partition coefficient (Wildman–Crippen LogP) is 2.95. The molecule has 0 aliphatic carbocycles. The molecular weight excluding hydrogens is 360 g/mol. The van der Waals surface area contributed by atoms with Crippen LogP contribution in [0.25, 0.3) is 11.3 Å². The van der Waals surface area contributed by atoms with Crippen molar-refractivity contribution >= 4 is 12.1 Å². The van der Waals surface area contributed by atoms with Gasteiger partial charge in [-0.1, -0.05) is 18.2 Å². The molecule has 8 nitrogen and oxygen atoms in total. The van der Waals surface area contributed by atoms with Gasteiger partial charge in [-0.05, 0) is 37.3 Å². The van der Waals surface area contributed by atoms with Crippen LogP contribution in [-0.2, 0) is 0 Å². The molecule has 144 valence electrons. The number of benzene rings is 2. The highest BCUT2D eigenvalue weighted by Gasteiger charge is 2.13. The van der Waals surface area contributed by atoms with E-state index in [1.807, 2.05) is 31.2 Å². The summed E-state index contributed by atoms with van der Waals surface area (Å²) in [6, 6.07) is 14.0. The third-order valence-corrected chi connectivity index (χ3v) is 3.91. The summed E-state index contributed by atoms with van der Waals surface area (Å²) < 4.78 is 10.6. The van der Waals surface area contributed by atoms with Gasteiger partial charge in [-0.2, -0.15) is 10.2 Å². The number of aromatic hydroxyl groups is 1. The topological polar surface area (TPSA) is 109 Å². The highest BCUT2D eigenvalue weighted by molar-refractivity contribution is 5.94. The summed E-state index contributed by atoms with van der Waals surface area (Å²) in [6.07, 6.45) is 1.33. The number of hydrogen-bond donors (Lipinski definition) is 3. The first-order valence-electron chi connectivity index (χ1n) is 8.61. The van der Waals surface area contributed by atoms with Crippen LogP contribution in [0.3, 0.4) is 0 Å². The van der Waals surface area contributed by atoms with Crippen molar-refractivity contribution in [3.63, 3.8) is 0 Å². The molecule has 0 bridgehead atoms. The largest absolute Gasteiger partial charge is 0.504 e. The number of aromatic amines is 1. The van der Waals surface area contributed by atoms with Crippen LogP contribution in [-0.4, -0.2) is 41.1 Å². The quantitative estimate of drug-likeness (QED) is 0.431. The van der Waals surface area contributed by atoms with Gasteiger partial charge in [0.05, 0.1) is 25.6 Å². The molecule has 1 aromatic heterocycles. The first-order valence-corrected chi connectivity index (χ1v) is 8.61.